The molecule has 0 radical (unpaired) electrons. The molecule has 0 spiro atoms. The largest absolute Gasteiger partial charge is 0.497 e. The molecule has 0 atom stereocenters. The number of nitrogens with one attached hydrogen (secondary N) is 1. The molecule has 0 saturated heterocycles. The van der Waals surface area contributed by atoms with Gasteiger partial charge in [-0.2, -0.15) is 4.98 Å². The maximum absolute atomic E-state index is 11.8. The van der Waals surface area contributed by atoms with Crippen LogP contribution in [-0.2, 0) is 4.79 Å². The quantitative estimate of drug-likeness (QED) is 0.751. The summed E-state index contributed by atoms with van der Waals surface area (Å²) in [4.78, 5) is 17.7. The molecule has 0 bridgehead atoms. The molecule has 2 aromatic rings. The van der Waals surface area contributed by atoms with Gasteiger partial charge in [0, 0.05) is 19.2 Å². The van der Waals surface area contributed by atoms with Gasteiger partial charge in [0.15, 0.2) is 0 Å². The molecule has 1 amide bonds. The lowest BCUT2D eigenvalue weighted by Gasteiger charge is -2.13. The third-order valence-corrected chi connectivity index (χ3v) is 3.32. The summed E-state index contributed by atoms with van der Waals surface area (Å²) in [5.41, 5.74) is 0.821. The fraction of sp³-hybridized carbons (Fsp3) is 0.438. The zero-order chi connectivity index (χ0) is 16.7. The van der Waals surface area contributed by atoms with Crippen LogP contribution in [0.15, 0.2) is 28.8 Å². The van der Waals surface area contributed by atoms with Crippen LogP contribution in [0.2, 0.25) is 0 Å². The number of carbonyl (C=O) groups is 1. The van der Waals surface area contributed by atoms with Crippen molar-refractivity contribution in [3.05, 3.63) is 24.3 Å². The maximum atomic E-state index is 11.8. The Morgan fingerprint density at radius 2 is 2.09 bits per heavy atom. The number of hydrogen-bond acceptors (Lipinski definition) is 6. The molecule has 124 valence electrons. The average Bonchev–Trinajstić information content (AvgIpc) is 3.05. The van der Waals surface area contributed by atoms with E-state index in [9.17, 15) is 4.79 Å². The SMILES string of the molecule is CCCCNC(=O)CN(C)c1nc(-c2ccc(OC)cc2)no1. The van der Waals surface area contributed by atoms with E-state index in [1.807, 2.05) is 24.3 Å². The van der Waals surface area contributed by atoms with Crippen LogP contribution in [0.3, 0.4) is 0 Å². The van der Waals surface area contributed by atoms with Crippen LogP contribution in [0.25, 0.3) is 11.4 Å². The first-order chi connectivity index (χ1) is 11.1. The smallest absolute Gasteiger partial charge is 0.324 e. The van der Waals surface area contributed by atoms with Crippen LogP contribution in [0.1, 0.15) is 19.8 Å². The molecule has 7 heteroatoms. The Labute approximate surface area is 135 Å². The summed E-state index contributed by atoms with van der Waals surface area (Å²) >= 11 is 0. The summed E-state index contributed by atoms with van der Waals surface area (Å²) in [7, 11) is 3.35. The van der Waals surface area contributed by atoms with Crippen LogP contribution in [0.5, 0.6) is 5.75 Å². The normalized spacial score (nSPS) is 10.4. The van der Waals surface area contributed by atoms with Crippen LogP contribution in [-0.4, -0.2) is 43.3 Å². The van der Waals surface area contributed by atoms with E-state index in [1.165, 1.54) is 0 Å². The van der Waals surface area contributed by atoms with Crippen LogP contribution >= 0.6 is 0 Å². The van der Waals surface area contributed by atoms with E-state index in [0.29, 0.717) is 18.4 Å². The second kappa shape index (κ2) is 8.17. The monoisotopic (exact) mass is 318 g/mol. The van der Waals surface area contributed by atoms with E-state index >= 15 is 0 Å². The molecule has 0 fully saturated rings. The number of rotatable bonds is 8. The van der Waals surface area contributed by atoms with Gasteiger partial charge in [-0.15, -0.1) is 0 Å². The van der Waals surface area contributed by atoms with Crippen LogP contribution in [0.4, 0.5) is 6.01 Å². The fourth-order valence-electron chi connectivity index (χ4n) is 1.97. The van der Waals surface area contributed by atoms with Gasteiger partial charge in [-0.1, -0.05) is 18.5 Å². The topological polar surface area (TPSA) is 80.5 Å². The first-order valence-electron chi connectivity index (χ1n) is 7.60. The number of likely N-dealkylation sites (N-methyl/N-ethyl adjacent to an activating group) is 1. The molecular weight excluding hydrogens is 296 g/mol. The number of unbranched alkanes of at least 4 members (excludes halogenated alkanes) is 1. The maximum Gasteiger partial charge on any atom is 0.324 e. The standard InChI is InChI=1S/C16H22N4O3/c1-4-5-10-17-14(21)11-20(2)16-18-15(19-23-16)12-6-8-13(22-3)9-7-12/h6-9H,4-5,10-11H2,1-3H3,(H,17,21). The Balaban J connectivity index is 1.96. The molecule has 1 heterocycles. The molecule has 23 heavy (non-hydrogen) atoms. The molecule has 7 nitrogen and oxygen atoms in total. The fourth-order valence-corrected chi connectivity index (χ4v) is 1.97. The van der Waals surface area contributed by atoms with Crippen molar-refractivity contribution in [1.82, 2.24) is 15.5 Å². The first-order valence-corrected chi connectivity index (χ1v) is 7.60. The van der Waals surface area contributed by atoms with Crippen molar-refractivity contribution in [1.29, 1.82) is 0 Å². The van der Waals surface area contributed by atoms with Crippen molar-refractivity contribution in [2.45, 2.75) is 19.8 Å². The molecule has 1 N–H and O–H groups in total. The number of ether oxygens (including phenoxy) is 1. The summed E-state index contributed by atoms with van der Waals surface area (Å²) in [6, 6.07) is 7.67. The number of amides is 1. The molecular formula is C16H22N4O3. The van der Waals surface area contributed by atoms with Crippen molar-refractivity contribution < 1.29 is 14.1 Å². The minimum Gasteiger partial charge on any atom is -0.497 e. The summed E-state index contributed by atoms with van der Waals surface area (Å²) in [5.74, 6) is 1.17. The summed E-state index contributed by atoms with van der Waals surface area (Å²) in [5, 5.41) is 6.80. The van der Waals surface area contributed by atoms with Gasteiger partial charge in [0.05, 0.1) is 7.11 Å². The summed E-state index contributed by atoms with van der Waals surface area (Å²) in [6.45, 7) is 2.94. The van der Waals surface area contributed by atoms with Gasteiger partial charge < -0.3 is 19.5 Å². The number of carbonyl (C=O) groups excluding carboxylic acids is 1. The highest BCUT2D eigenvalue weighted by atomic mass is 16.5. The van der Waals surface area contributed by atoms with Crippen molar-refractivity contribution in [3.8, 4) is 17.1 Å². The molecule has 1 aromatic heterocycles. The van der Waals surface area contributed by atoms with Gasteiger partial charge in [0.1, 0.15) is 12.3 Å². The second-order valence-corrected chi connectivity index (χ2v) is 5.19. The van der Waals surface area contributed by atoms with E-state index in [2.05, 4.69) is 22.4 Å². The highest BCUT2D eigenvalue weighted by Gasteiger charge is 2.15. The molecule has 0 unspecified atom stereocenters. The number of anilines is 1. The van der Waals surface area contributed by atoms with Gasteiger partial charge in [-0.05, 0) is 30.7 Å². The summed E-state index contributed by atoms with van der Waals surface area (Å²) < 4.78 is 10.3. The predicted molar refractivity (Wildman–Crippen MR) is 87.5 cm³/mol. The zero-order valence-corrected chi connectivity index (χ0v) is 13.7. The van der Waals surface area contributed by atoms with E-state index in [-0.39, 0.29) is 12.5 Å². The number of hydrogen-bond donors (Lipinski definition) is 1. The Hall–Kier alpha value is -2.57. The number of aromatic nitrogens is 2. The molecule has 0 aliphatic rings. The number of nitrogens with zero attached hydrogens (tertiary/aromatic N) is 3. The van der Waals surface area contributed by atoms with E-state index in [4.69, 9.17) is 9.26 Å². The Kier molecular flexibility index (Phi) is 5.96. The molecule has 0 saturated carbocycles. The second-order valence-electron chi connectivity index (χ2n) is 5.19. The summed E-state index contributed by atoms with van der Waals surface area (Å²) in [6.07, 6.45) is 2.02. The van der Waals surface area contributed by atoms with E-state index in [0.717, 1.165) is 24.2 Å². The van der Waals surface area contributed by atoms with Crippen molar-refractivity contribution in [2.24, 2.45) is 0 Å². The molecule has 0 aliphatic carbocycles. The highest BCUT2D eigenvalue weighted by molar-refractivity contribution is 5.80. The predicted octanol–water partition coefficient (Wildman–Crippen LogP) is 2.10. The third-order valence-electron chi connectivity index (χ3n) is 3.32. The lowest BCUT2D eigenvalue weighted by atomic mass is 10.2. The van der Waals surface area contributed by atoms with E-state index < -0.39 is 0 Å². The van der Waals surface area contributed by atoms with E-state index in [1.54, 1.807) is 19.1 Å². The van der Waals surface area contributed by atoms with Crippen LogP contribution in [0, 0.1) is 0 Å². The zero-order valence-electron chi connectivity index (χ0n) is 13.7. The molecule has 0 aliphatic heterocycles. The van der Waals surface area contributed by atoms with Crippen molar-refractivity contribution in [3.63, 3.8) is 0 Å². The van der Waals surface area contributed by atoms with Gasteiger partial charge in [-0.25, -0.2) is 0 Å². The number of benzene rings is 1. The van der Waals surface area contributed by atoms with Gasteiger partial charge in [0.25, 0.3) is 0 Å². The van der Waals surface area contributed by atoms with Gasteiger partial charge in [-0.3, -0.25) is 4.79 Å². The lowest BCUT2D eigenvalue weighted by Crippen LogP contribution is -2.35. The third kappa shape index (κ3) is 4.70. The minimum atomic E-state index is -0.0647. The van der Waals surface area contributed by atoms with Crippen LogP contribution < -0.4 is 15.0 Å². The molecule has 2 rings (SSSR count). The molecule has 1 aromatic carbocycles. The first kappa shape index (κ1) is 16.8. The van der Waals surface area contributed by atoms with Gasteiger partial charge >= 0.3 is 6.01 Å². The Bertz CT molecular complexity index is 625. The highest BCUT2D eigenvalue weighted by Crippen LogP contribution is 2.21. The number of methoxy groups -OCH3 is 1. The average molecular weight is 318 g/mol. The van der Waals surface area contributed by atoms with Gasteiger partial charge in [0.2, 0.25) is 11.7 Å². The van der Waals surface area contributed by atoms with Crippen molar-refractivity contribution >= 4 is 11.9 Å². The van der Waals surface area contributed by atoms with Crippen molar-refractivity contribution in [2.75, 3.05) is 32.1 Å². The Morgan fingerprint density at radius 1 is 1.35 bits per heavy atom. The Morgan fingerprint density at radius 3 is 2.74 bits per heavy atom. The lowest BCUT2D eigenvalue weighted by molar-refractivity contribution is -0.119. The minimum absolute atomic E-state index is 0.0647.